The van der Waals surface area contributed by atoms with Crippen molar-refractivity contribution in [2.45, 2.75) is 18.9 Å². The van der Waals surface area contributed by atoms with Crippen LogP contribution in [0.15, 0.2) is 53.1 Å². The first kappa shape index (κ1) is 13.8. The first-order valence-corrected chi connectivity index (χ1v) is 6.60. The zero-order valence-corrected chi connectivity index (χ0v) is 11.7. The van der Waals surface area contributed by atoms with Crippen LogP contribution in [0.1, 0.15) is 18.2 Å². The molecule has 1 unspecified atom stereocenters. The van der Waals surface area contributed by atoms with Crippen molar-refractivity contribution >= 4 is 0 Å². The topological polar surface area (TPSA) is 42.4 Å². The maximum Gasteiger partial charge on any atom is 0.117 e. The van der Waals surface area contributed by atoms with E-state index in [2.05, 4.69) is 43.1 Å². The molecule has 0 saturated carbocycles. The van der Waals surface area contributed by atoms with Gasteiger partial charge in [0.25, 0.3) is 0 Å². The zero-order chi connectivity index (χ0) is 13.7. The number of rotatable bonds is 6. The van der Waals surface area contributed by atoms with Crippen molar-refractivity contribution in [2.75, 3.05) is 20.1 Å². The average molecular weight is 258 g/mol. The monoisotopic (exact) mass is 258 g/mol. The molecule has 3 nitrogen and oxygen atoms in total. The lowest BCUT2D eigenvalue weighted by Crippen LogP contribution is -2.42. The highest BCUT2D eigenvalue weighted by Crippen LogP contribution is 2.24. The molecule has 0 bridgehead atoms. The summed E-state index contributed by atoms with van der Waals surface area (Å²) in [5.74, 6) is 0.981. The van der Waals surface area contributed by atoms with Gasteiger partial charge in [-0.2, -0.15) is 0 Å². The van der Waals surface area contributed by atoms with Crippen LogP contribution in [0.5, 0.6) is 0 Å². The molecule has 1 aromatic heterocycles. The van der Waals surface area contributed by atoms with Crippen molar-refractivity contribution in [1.82, 2.24) is 4.90 Å². The fourth-order valence-electron chi connectivity index (χ4n) is 2.43. The van der Waals surface area contributed by atoms with Gasteiger partial charge in [-0.05, 0) is 24.7 Å². The first-order chi connectivity index (χ1) is 9.14. The van der Waals surface area contributed by atoms with Gasteiger partial charge in [0.05, 0.1) is 12.8 Å². The molecule has 0 aliphatic heterocycles. The molecule has 0 saturated heterocycles. The summed E-state index contributed by atoms with van der Waals surface area (Å²) in [6.07, 6.45) is 1.71. The molecule has 1 aromatic carbocycles. The molecule has 2 aromatic rings. The minimum Gasteiger partial charge on any atom is -0.468 e. The molecule has 1 atom stereocenters. The number of nitrogens with two attached hydrogens (primary N) is 1. The van der Waals surface area contributed by atoms with Crippen LogP contribution < -0.4 is 5.73 Å². The molecule has 19 heavy (non-hydrogen) atoms. The standard InChI is InChI=1S/C16H22N2O/c1-16(12-17,14-7-4-3-5-8-14)13-18(2)11-15-9-6-10-19-15/h3-10H,11-13,17H2,1-2H3. The van der Waals surface area contributed by atoms with Crippen molar-refractivity contribution in [3.63, 3.8) is 0 Å². The Morgan fingerprint density at radius 3 is 2.47 bits per heavy atom. The van der Waals surface area contributed by atoms with Gasteiger partial charge in [-0.25, -0.2) is 0 Å². The van der Waals surface area contributed by atoms with Gasteiger partial charge < -0.3 is 10.2 Å². The molecule has 2 N–H and O–H groups in total. The molecule has 0 fully saturated rings. The highest BCUT2D eigenvalue weighted by molar-refractivity contribution is 5.25. The largest absolute Gasteiger partial charge is 0.468 e. The van der Waals surface area contributed by atoms with Crippen molar-refractivity contribution in [1.29, 1.82) is 0 Å². The number of hydrogen-bond donors (Lipinski definition) is 1. The predicted octanol–water partition coefficient (Wildman–Crippen LogP) is 2.63. The van der Waals surface area contributed by atoms with Gasteiger partial charge in [-0.1, -0.05) is 37.3 Å². The van der Waals surface area contributed by atoms with Gasteiger partial charge in [0, 0.05) is 18.5 Å². The minimum absolute atomic E-state index is 0.0391. The third kappa shape index (κ3) is 3.46. The third-order valence-electron chi connectivity index (χ3n) is 3.55. The molecule has 102 valence electrons. The SMILES string of the molecule is CN(Cc1ccco1)CC(C)(CN)c1ccccc1. The minimum atomic E-state index is -0.0391. The van der Waals surface area contributed by atoms with Crippen LogP contribution in [0.25, 0.3) is 0 Å². The molecule has 0 radical (unpaired) electrons. The number of likely N-dealkylation sites (N-methyl/N-ethyl adjacent to an activating group) is 1. The van der Waals surface area contributed by atoms with E-state index in [4.69, 9.17) is 10.2 Å². The van der Waals surface area contributed by atoms with Crippen LogP contribution in [-0.2, 0) is 12.0 Å². The number of benzene rings is 1. The van der Waals surface area contributed by atoms with Gasteiger partial charge in [-0.15, -0.1) is 0 Å². The number of nitrogens with zero attached hydrogens (tertiary/aromatic N) is 1. The fraction of sp³-hybridized carbons (Fsp3) is 0.375. The van der Waals surface area contributed by atoms with E-state index in [0.717, 1.165) is 18.8 Å². The Hall–Kier alpha value is -1.58. The van der Waals surface area contributed by atoms with E-state index in [-0.39, 0.29) is 5.41 Å². The molecule has 0 aliphatic carbocycles. The van der Waals surface area contributed by atoms with Crippen molar-refractivity contribution in [2.24, 2.45) is 5.73 Å². The van der Waals surface area contributed by atoms with Crippen LogP contribution in [0.2, 0.25) is 0 Å². The fourth-order valence-corrected chi connectivity index (χ4v) is 2.43. The van der Waals surface area contributed by atoms with Gasteiger partial charge in [0.2, 0.25) is 0 Å². The van der Waals surface area contributed by atoms with E-state index in [1.807, 2.05) is 18.2 Å². The lowest BCUT2D eigenvalue weighted by atomic mass is 9.82. The van der Waals surface area contributed by atoms with E-state index < -0.39 is 0 Å². The smallest absolute Gasteiger partial charge is 0.117 e. The van der Waals surface area contributed by atoms with Crippen molar-refractivity contribution in [3.05, 3.63) is 60.1 Å². The van der Waals surface area contributed by atoms with E-state index in [1.54, 1.807) is 6.26 Å². The highest BCUT2D eigenvalue weighted by atomic mass is 16.3. The molecular weight excluding hydrogens is 236 g/mol. The summed E-state index contributed by atoms with van der Waals surface area (Å²) in [6, 6.07) is 14.4. The average Bonchev–Trinajstić information content (AvgIpc) is 2.92. The van der Waals surface area contributed by atoms with Gasteiger partial charge >= 0.3 is 0 Å². The third-order valence-corrected chi connectivity index (χ3v) is 3.55. The van der Waals surface area contributed by atoms with Gasteiger partial charge in [0.1, 0.15) is 5.76 Å². The Balaban J connectivity index is 2.06. The summed E-state index contributed by atoms with van der Waals surface area (Å²) >= 11 is 0. The highest BCUT2D eigenvalue weighted by Gasteiger charge is 2.26. The number of hydrogen-bond acceptors (Lipinski definition) is 3. The summed E-state index contributed by atoms with van der Waals surface area (Å²) in [5, 5.41) is 0. The summed E-state index contributed by atoms with van der Waals surface area (Å²) < 4.78 is 5.39. The van der Waals surface area contributed by atoms with E-state index >= 15 is 0 Å². The summed E-state index contributed by atoms with van der Waals surface area (Å²) in [7, 11) is 2.10. The lowest BCUT2D eigenvalue weighted by molar-refractivity contribution is 0.235. The zero-order valence-electron chi connectivity index (χ0n) is 11.7. The van der Waals surface area contributed by atoms with Crippen LogP contribution in [0.4, 0.5) is 0 Å². The normalized spacial score (nSPS) is 14.5. The second-order valence-corrected chi connectivity index (χ2v) is 5.38. The van der Waals surface area contributed by atoms with Crippen LogP contribution in [-0.4, -0.2) is 25.0 Å². The van der Waals surface area contributed by atoms with E-state index in [0.29, 0.717) is 6.54 Å². The predicted molar refractivity (Wildman–Crippen MR) is 77.9 cm³/mol. The number of furan rings is 1. The molecular formula is C16H22N2O. The van der Waals surface area contributed by atoms with Gasteiger partial charge in [-0.3, -0.25) is 4.90 Å². The maximum atomic E-state index is 6.01. The Labute approximate surface area is 115 Å². The van der Waals surface area contributed by atoms with Crippen molar-refractivity contribution < 1.29 is 4.42 Å². The van der Waals surface area contributed by atoms with E-state index in [9.17, 15) is 0 Å². The Kier molecular flexibility index (Phi) is 4.40. The molecule has 0 spiro atoms. The second-order valence-electron chi connectivity index (χ2n) is 5.38. The summed E-state index contributed by atoms with van der Waals surface area (Å²) in [4.78, 5) is 2.25. The quantitative estimate of drug-likeness (QED) is 0.866. The van der Waals surface area contributed by atoms with Crippen molar-refractivity contribution in [3.8, 4) is 0 Å². The molecule has 1 heterocycles. The maximum absolute atomic E-state index is 6.01. The molecule has 2 rings (SSSR count). The van der Waals surface area contributed by atoms with Crippen LogP contribution in [0.3, 0.4) is 0 Å². The van der Waals surface area contributed by atoms with Crippen LogP contribution >= 0.6 is 0 Å². The summed E-state index contributed by atoms with van der Waals surface area (Å²) in [5.41, 5.74) is 7.25. The Morgan fingerprint density at radius 1 is 1.16 bits per heavy atom. The summed E-state index contributed by atoms with van der Waals surface area (Å²) in [6.45, 7) is 4.53. The molecule has 0 aliphatic rings. The Bertz CT molecular complexity index is 481. The molecule has 3 heteroatoms. The van der Waals surface area contributed by atoms with Gasteiger partial charge in [0.15, 0.2) is 0 Å². The van der Waals surface area contributed by atoms with Crippen LogP contribution in [0, 0.1) is 0 Å². The second kappa shape index (κ2) is 6.04. The lowest BCUT2D eigenvalue weighted by Gasteiger charge is -2.33. The first-order valence-electron chi connectivity index (χ1n) is 6.60. The Morgan fingerprint density at radius 2 is 1.89 bits per heavy atom. The molecule has 0 amide bonds. The van der Waals surface area contributed by atoms with E-state index in [1.165, 1.54) is 5.56 Å².